The van der Waals surface area contributed by atoms with Crippen molar-refractivity contribution in [2.24, 2.45) is 5.92 Å². The first-order valence-corrected chi connectivity index (χ1v) is 5.38. The first-order chi connectivity index (χ1) is 6.59. The highest BCUT2D eigenvalue weighted by Crippen LogP contribution is 2.54. The zero-order valence-electron chi connectivity index (χ0n) is 9.17. The highest BCUT2D eigenvalue weighted by Gasteiger charge is 2.53. The van der Waals surface area contributed by atoms with E-state index in [9.17, 15) is 5.11 Å². The minimum atomic E-state index is -0.509. The fourth-order valence-electron chi connectivity index (χ4n) is 2.35. The predicted octanol–water partition coefficient (Wildman–Crippen LogP) is 2.92. The van der Waals surface area contributed by atoms with Gasteiger partial charge in [-0.1, -0.05) is 31.5 Å². The second kappa shape index (κ2) is 3.09. The minimum absolute atomic E-state index is 0.475. The minimum Gasteiger partial charge on any atom is -0.385 e. The van der Waals surface area contributed by atoms with Gasteiger partial charge in [0.1, 0.15) is 0 Å². The van der Waals surface area contributed by atoms with Crippen LogP contribution in [0.5, 0.6) is 0 Å². The molecule has 1 aromatic carbocycles. The van der Waals surface area contributed by atoms with Crippen molar-refractivity contribution in [3.05, 3.63) is 34.9 Å². The smallest absolute Gasteiger partial charge is 0.0932 e. The van der Waals surface area contributed by atoms with Crippen molar-refractivity contribution in [2.45, 2.75) is 39.2 Å². The van der Waals surface area contributed by atoms with E-state index < -0.39 is 5.60 Å². The monoisotopic (exact) mass is 190 g/mol. The first-order valence-electron chi connectivity index (χ1n) is 5.38. The molecule has 1 aliphatic carbocycles. The fraction of sp³-hybridized carbons (Fsp3) is 0.538. The molecule has 2 atom stereocenters. The van der Waals surface area contributed by atoms with Gasteiger partial charge in [0.05, 0.1) is 5.60 Å². The number of aryl methyl sites for hydroxylation is 1. The Bertz CT molecular complexity index is 356. The summed E-state index contributed by atoms with van der Waals surface area (Å²) in [6.07, 6.45) is 2.01. The summed E-state index contributed by atoms with van der Waals surface area (Å²) in [4.78, 5) is 0. The van der Waals surface area contributed by atoms with Crippen molar-refractivity contribution in [3.63, 3.8) is 0 Å². The van der Waals surface area contributed by atoms with Crippen LogP contribution in [0.4, 0.5) is 0 Å². The number of aliphatic hydroxyl groups is 1. The second-order valence-electron chi connectivity index (χ2n) is 4.48. The summed E-state index contributed by atoms with van der Waals surface area (Å²) < 4.78 is 0. The van der Waals surface area contributed by atoms with Gasteiger partial charge in [0.2, 0.25) is 0 Å². The van der Waals surface area contributed by atoms with E-state index in [2.05, 4.69) is 32.9 Å². The van der Waals surface area contributed by atoms with E-state index in [1.54, 1.807) is 0 Å². The van der Waals surface area contributed by atoms with Gasteiger partial charge in [0, 0.05) is 0 Å². The molecule has 76 valence electrons. The van der Waals surface area contributed by atoms with Gasteiger partial charge in [0.25, 0.3) is 0 Å². The predicted molar refractivity (Wildman–Crippen MR) is 58.2 cm³/mol. The summed E-state index contributed by atoms with van der Waals surface area (Å²) >= 11 is 0. The van der Waals surface area contributed by atoms with Crippen molar-refractivity contribution in [2.75, 3.05) is 0 Å². The third-order valence-electron chi connectivity index (χ3n) is 3.64. The first kappa shape index (κ1) is 9.72. The number of hydrogen-bond donors (Lipinski definition) is 1. The average Bonchev–Trinajstić information content (AvgIpc) is 2.83. The molecule has 1 heteroatoms. The molecular weight excluding hydrogens is 172 g/mol. The molecule has 0 radical (unpaired) electrons. The summed E-state index contributed by atoms with van der Waals surface area (Å²) in [5.41, 5.74) is 3.16. The summed E-state index contributed by atoms with van der Waals surface area (Å²) in [6.45, 7) is 6.35. The van der Waals surface area contributed by atoms with Crippen molar-refractivity contribution < 1.29 is 5.11 Å². The van der Waals surface area contributed by atoms with Gasteiger partial charge < -0.3 is 5.11 Å². The highest BCUT2D eigenvalue weighted by molar-refractivity contribution is 5.40. The Kier molecular flexibility index (Phi) is 2.15. The van der Waals surface area contributed by atoms with Crippen LogP contribution in [0, 0.1) is 19.8 Å². The third kappa shape index (κ3) is 1.27. The van der Waals surface area contributed by atoms with Crippen LogP contribution < -0.4 is 0 Å². The zero-order chi connectivity index (χ0) is 10.3. The zero-order valence-corrected chi connectivity index (χ0v) is 9.17. The number of rotatable bonds is 2. The lowest BCUT2D eigenvalue weighted by Crippen LogP contribution is -2.11. The van der Waals surface area contributed by atoms with E-state index >= 15 is 0 Å². The third-order valence-corrected chi connectivity index (χ3v) is 3.64. The maximum Gasteiger partial charge on any atom is 0.0932 e. The Hall–Kier alpha value is -0.820. The van der Waals surface area contributed by atoms with E-state index in [0.717, 1.165) is 18.4 Å². The molecule has 2 rings (SSSR count). The summed E-state index contributed by atoms with van der Waals surface area (Å²) in [6, 6.07) is 6.21. The van der Waals surface area contributed by atoms with Gasteiger partial charge in [-0.25, -0.2) is 0 Å². The molecule has 1 aliphatic rings. The molecule has 0 aliphatic heterocycles. The van der Waals surface area contributed by atoms with Crippen LogP contribution in [0.25, 0.3) is 0 Å². The molecule has 0 saturated heterocycles. The Balaban J connectivity index is 2.39. The van der Waals surface area contributed by atoms with E-state index in [-0.39, 0.29) is 0 Å². The molecule has 0 bridgehead atoms. The van der Waals surface area contributed by atoms with Crippen LogP contribution in [-0.2, 0) is 5.60 Å². The molecule has 1 fully saturated rings. The molecule has 0 aromatic heterocycles. The second-order valence-corrected chi connectivity index (χ2v) is 4.48. The standard InChI is InChI=1S/C13H18O/c1-4-11-8-13(11,14)12-7-5-6-9(2)10(12)3/h5-7,11,14H,4,8H2,1-3H3. The maximum absolute atomic E-state index is 10.4. The molecule has 2 unspecified atom stereocenters. The normalized spacial score (nSPS) is 30.4. The molecule has 1 aromatic rings. The Morgan fingerprint density at radius 3 is 2.71 bits per heavy atom. The van der Waals surface area contributed by atoms with Crippen LogP contribution in [0.15, 0.2) is 18.2 Å². The van der Waals surface area contributed by atoms with E-state index in [0.29, 0.717) is 5.92 Å². The number of hydrogen-bond acceptors (Lipinski definition) is 1. The van der Waals surface area contributed by atoms with E-state index in [1.165, 1.54) is 11.1 Å². The lowest BCUT2D eigenvalue weighted by atomic mass is 9.96. The van der Waals surface area contributed by atoms with Crippen LogP contribution in [0.3, 0.4) is 0 Å². The van der Waals surface area contributed by atoms with Gasteiger partial charge in [-0.15, -0.1) is 0 Å². The van der Waals surface area contributed by atoms with Crippen molar-refractivity contribution in [3.8, 4) is 0 Å². The maximum atomic E-state index is 10.4. The Morgan fingerprint density at radius 1 is 1.43 bits per heavy atom. The largest absolute Gasteiger partial charge is 0.385 e. The summed E-state index contributed by atoms with van der Waals surface area (Å²) in [5, 5.41) is 10.4. The molecule has 1 N–H and O–H groups in total. The van der Waals surface area contributed by atoms with Crippen LogP contribution in [0.2, 0.25) is 0 Å². The molecule has 1 saturated carbocycles. The van der Waals surface area contributed by atoms with E-state index in [4.69, 9.17) is 0 Å². The topological polar surface area (TPSA) is 20.2 Å². The van der Waals surface area contributed by atoms with Crippen molar-refractivity contribution in [1.29, 1.82) is 0 Å². The number of benzene rings is 1. The van der Waals surface area contributed by atoms with Crippen LogP contribution in [0.1, 0.15) is 36.5 Å². The molecule has 14 heavy (non-hydrogen) atoms. The highest BCUT2D eigenvalue weighted by atomic mass is 16.3. The average molecular weight is 190 g/mol. The van der Waals surface area contributed by atoms with Crippen LogP contribution in [-0.4, -0.2) is 5.11 Å². The Labute approximate surface area is 85.8 Å². The lowest BCUT2D eigenvalue weighted by Gasteiger charge is -2.15. The molecule has 1 nitrogen and oxygen atoms in total. The SMILES string of the molecule is CCC1CC1(O)c1cccc(C)c1C. The molecule has 0 amide bonds. The van der Waals surface area contributed by atoms with Gasteiger partial charge in [-0.2, -0.15) is 0 Å². The summed E-state index contributed by atoms with van der Waals surface area (Å²) in [7, 11) is 0. The quantitative estimate of drug-likeness (QED) is 0.760. The van der Waals surface area contributed by atoms with Gasteiger partial charge in [0.15, 0.2) is 0 Å². The summed E-state index contributed by atoms with van der Waals surface area (Å²) in [5.74, 6) is 0.475. The van der Waals surface area contributed by atoms with Gasteiger partial charge >= 0.3 is 0 Å². The Morgan fingerprint density at radius 2 is 2.14 bits per heavy atom. The fourth-order valence-corrected chi connectivity index (χ4v) is 2.35. The lowest BCUT2D eigenvalue weighted by molar-refractivity contribution is 0.129. The molecule has 0 spiro atoms. The molecule has 0 heterocycles. The van der Waals surface area contributed by atoms with Gasteiger partial charge in [-0.05, 0) is 42.9 Å². The van der Waals surface area contributed by atoms with Crippen LogP contribution >= 0.6 is 0 Å². The van der Waals surface area contributed by atoms with Crippen molar-refractivity contribution >= 4 is 0 Å². The van der Waals surface area contributed by atoms with Crippen molar-refractivity contribution in [1.82, 2.24) is 0 Å². The van der Waals surface area contributed by atoms with Gasteiger partial charge in [-0.3, -0.25) is 0 Å². The molecular formula is C13H18O. The van der Waals surface area contributed by atoms with E-state index in [1.807, 2.05) is 6.07 Å².